The fraction of sp³-hybridized carbons (Fsp3) is 0.130. The van der Waals surface area contributed by atoms with Crippen molar-refractivity contribution in [1.82, 2.24) is 20.1 Å². The van der Waals surface area contributed by atoms with Crippen LogP contribution in [0, 0.1) is 6.92 Å². The van der Waals surface area contributed by atoms with E-state index in [2.05, 4.69) is 20.7 Å². The Morgan fingerprint density at radius 1 is 1.00 bits per heavy atom. The van der Waals surface area contributed by atoms with Gasteiger partial charge in [-0.15, -0.1) is 0 Å². The third kappa shape index (κ3) is 4.82. The van der Waals surface area contributed by atoms with Gasteiger partial charge in [0.05, 0.1) is 47.1 Å². The molecule has 0 fully saturated rings. The first-order valence-electron chi connectivity index (χ1n) is 10.0. The third-order valence-corrected chi connectivity index (χ3v) is 4.97. The zero-order chi connectivity index (χ0) is 24.3. The van der Waals surface area contributed by atoms with E-state index in [0.29, 0.717) is 17.7 Å². The zero-order valence-corrected chi connectivity index (χ0v) is 17.8. The van der Waals surface area contributed by atoms with Crippen LogP contribution in [0.4, 0.5) is 18.9 Å². The number of furan rings is 1. The molecule has 3 heterocycles. The zero-order valence-electron chi connectivity index (χ0n) is 17.8. The molecule has 0 saturated carbocycles. The average molecular weight is 469 g/mol. The number of nitrogens with zero attached hydrogens (tertiary/aromatic N) is 3. The first-order chi connectivity index (χ1) is 16.2. The van der Waals surface area contributed by atoms with Crippen molar-refractivity contribution in [2.75, 3.05) is 5.32 Å². The van der Waals surface area contributed by atoms with Gasteiger partial charge in [0, 0.05) is 6.20 Å². The summed E-state index contributed by atoms with van der Waals surface area (Å²) in [6, 6.07) is 12.0. The highest BCUT2D eigenvalue weighted by molar-refractivity contribution is 6.09. The maximum absolute atomic E-state index is 12.9. The first-order valence-corrected chi connectivity index (χ1v) is 10.0. The number of rotatable bonds is 6. The molecule has 4 rings (SSSR count). The molecule has 0 atom stereocenters. The number of amides is 2. The van der Waals surface area contributed by atoms with Gasteiger partial charge in [-0.05, 0) is 43.3 Å². The maximum atomic E-state index is 12.9. The summed E-state index contributed by atoms with van der Waals surface area (Å²) in [6.45, 7) is 1.77. The molecule has 34 heavy (non-hydrogen) atoms. The van der Waals surface area contributed by atoms with Crippen molar-refractivity contribution in [3.63, 3.8) is 0 Å². The SMILES string of the molecule is Cc1c(C(=O)Nc2ccccc2C(=O)NCc2ccco2)cnn1-c1ccc(C(F)(F)F)cn1. The van der Waals surface area contributed by atoms with Crippen LogP contribution in [-0.2, 0) is 12.7 Å². The summed E-state index contributed by atoms with van der Waals surface area (Å²) in [4.78, 5) is 29.3. The molecule has 8 nitrogen and oxygen atoms in total. The van der Waals surface area contributed by atoms with Gasteiger partial charge >= 0.3 is 6.18 Å². The second-order valence-electron chi connectivity index (χ2n) is 7.22. The van der Waals surface area contributed by atoms with E-state index in [9.17, 15) is 22.8 Å². The number of aromatic nitrogens is 3. The van der Waals surface area contributed by atoms with Crippen molar-refractivity contribution in [3.05, 3.63) is 95.3 Å². The second-order valence-corrected chi connectivity index (χ2v) is 7.22. The number of benzene rings is 1. The molecule has 174 valence electrons. The Bertz CT molecular complexity index is 1310. The topological polar surface area (TPSA) is 102 Å². The monoisotopic (exact) mass is 469 g/mol. The summed E-state index contributed by atoms with van der Waals surface area (Å²) in [7, 11) is 0. The molecule has 0 saturated heterocycles. The molecule has 0 aliphatic rings. The molecule has 0 unspecified atom stereocenters. The number of alkyl halides is 3. The van der Waals surface area contributed by atoms with Crippen molar-refractivity contribution in [2.45, 2.75) is 19.6 Å². The second kappa shape index (κ2) is 9.22. The first kappa shape index (κ1) is 22.8. The molecule has 0 aliphatic heterocycles. The number of para-hydroxylation sites is 1. The van der Waals surface area contributed by atoms with E-state index in [-0.39, 0.29) is 29.2 Å². The van der Waals surface area contributed by atoms with Crippen molar-refractivity contribution in [1.29, 1.82) is 0 Å². The summed E-state index contributed by atoms with van der Waals surface area (Å²) < 4.78 is 44.8. The largest absolute Gasteiger partial charge is 0.467 e. The Kier molecular flexibility index (Phi) is 6.17. The van der Waals surface area contributed by atoms with E-state index in [1.165, 1.54) is 23.2 Å². The Morgan fingerprint density at radius 3 is 2.47 bits per heavy atom. The van der Waals surface area contributed by atoms with E-state index in [0.717, 1.165) is 6.07 Å². The standard InChI is InChI=1S/C23H18F3N5O3/c1-14-18(13-29-31(14)20-9-8-15(11-27-20)23(24,25)26)22(33)30-19-7-3-2-6-17(19)21(32)28-12-16-5-4-10-34-16/h2-11,13H,12H2,1H3,(H,28,32)(H,30,33). The summed E-state index contributed by atoms with van der Waals surface area (Å²) in [6.07, 6.45) is -1.02. The van der Waals surface area contributed by atoms with Gasteiger partial charge in [-0.3, -0.25) is 9.59 Å². The van der Waals surface area contributed by atoms with Gasteiger partial charge in [0.2, 0.25) is 0 Å². The predicted molar refractivity (Wildman–Crippen MR) is 115 cm³/mol. The lowest BCUT2D eigenvalue weighted by Crippen LogP contribution is -2.24. The summed E-state index contributed by atoms with van der Waals surface area (Å²) in [5.41, 5.74) is 0.180. The number of hydrogen-bond donors (Lipinski definition) is 2. The van der Waals surface area contributed by atoms with Gasteiger partial charge < -0.3 is 15.1 Å². The maximum Gasteiger partial charge on any atom is 0.417 e. The average Bonchev–Trinajstić information content (AvgIpc) is 3.47. The molecular formula is C23H18F3N5O3. The molecule has 2 N–H and O–H groups in total. The Morgan fingerprint density at radius 2 is 1.79 bits per heavy atom. The molecule has 0 aliphatic carbocycles. The highest BCUT2D eigenvalue weighted by atomic mass is 19.4. The van der Waals surface area contributed by atoms with Gasteiger partial charge in [0.15, 0.2) is 5.82 Å². The normalized spacial score (nSPS) is 11.3. The van der Waals surface area contributed by atoms with Crippen LogP contribution in [0.25, 0.3) is 5.82 Å². The number of pyridine rings is 1. The molecule has 11 heteroatoms. The van der Waals surface area contributed by atoms with Gasteiger partial charge in [-0.2, -0.15) is 18.3 Å². The lowest BCUT2D eigenvalue weighted by molar-refractivity contribution is -0.137. The third-order valence-electron chi connectivity index (χ3n) is 4.97. The number of hydrogen-bond acceptors (Lipinski definition) is 5. The molecule has 0 radical (unpaired) electrons. The lowest BCUT2D eigenvalue weighted by Gasteiger charge is -2.11. The molecular weight excluding hydrogens is 451 g/mol. The number of carbonyl (C=O) groups is 2. The molecule has 4 aromatic rings. The van der Waals surface area contributed by atoms with E-state index in [1.807, 2.05) is 0 Å². The van der Waals surface area contributed by atoms with Crippen molar-refractivity contribution in [3.8, 4) is 5.82 Å². The minimum absolute atomic E-state index is 0.127. The van der Waals surface area contributed by atoms with Gasteiger partial charge in [-0.1, -0.05) is 12.1 Å². The summed E-state index contributed by atoms with van der Waals surface area (Å²) in [5, 5.41) is 9.49. The van der Waals surface area contributed by atoms with E-state index in [4.69, 9.17) is 4.42 Å². The molecule has 0 spiro atoms. The van der Waals surface area contributed by atoms with Crippen LogP contribution >= 0.6 is 0 Å². The van der Waals surface area contributed by atoms with Crippen LogP contribution in [0.1, 0.15) is 37.7 Å². The molecule has 0 bridgehead atoms. The Labute approximate surface area is 191 Å². The van der Waals surface area contributed by atoms with Gasteiger partial charge in [0.1, 0.15) is 5.76 Å². The lowest BCUT2D eigenvalue weighted by atomic mass is 10.1. The molecule has 2 amide bonds. The molecule has 1 aromatic carbocycles. The number of carbonyl (C=O) groups excluding carboxylic acids is 2. The Hall–Kier alpha value is -4.41. The molecule has 3 aromatic heterocycles. The van der Waals surface area contributed by atoms with Crippen LogP contribution < -0.4 is 10.6 Å². The van der Waals surface area contributed by atoms with Crippen LogP contribution in [0.3, 0.4) is 0 Å². The van der Waals surface area contributed by atoms with E-state index < -0.39 is 23.6 Å². The van der Waals surface area contributed by atoms with E-state index >= 15 is 0 Å². The minimum Gasteiger partial charge on any atom is -0.467 e. The minimum atomic E-state index is -4.51. The van der Waals surface area contributed by atoms with Crippen LogP contribution in [-0.4, -0.2) is 26.6 Å². The number of halogens is 3. The van der Waals surface area contributed by atoms with Crippen LogP contribution in [0.5, 0.6) is 0 Å². The van der Waals surface area contributed by atoms with Crippen LogP contribution in [0.2, 0.25) is 0 Å². The van der Waals surface area contributed by atoms with Crippen molar-refractivity contribution >= 4 is 17.5 Å². The number of nitrogens with one attached hydrogen (secondary N) is 2. The van der Waals surface area contributed by atoms with E-state index in [1.54, 1.807) is 43.3 Å². The quantitative estimate of drug-likeness (QED) is 0.437. The number of anilines is 1. The predicted octanol–water partition coefficient (Wildman–Crippen LogP) is 4.37. The highest BCUT2D eigenvalue weighted by Gasteiger charge is 2.31. The summed E-state index contributed by atoms with van der Waals surface area (Å²) >= 11 is 0. The fourth-order valence-electron chi connectivity index (χ4n) is 3.20. The van der Waals surface area contributed by atoms with Crippen LogP contribution in [0.15, 0.2) is 71.6 Å². The highest BCUT2D eigenvalue weighted by Crippen LogP contribution is 2.29. The van der Waals surface area contributed by atoms with Crippen molar-refractivity contribution < 1.29 is 27.2 Å². The van der Waals surface area contributed by atoms with Crippen molar-refractivity contribution in [2.24, 2.45) is 0 Å². The summed E-state index contributed by atoms with van der Waals surface area (Å²) in [5.74, 6) is -0.243. The van der Waals surface area contributed by atoms with Gasteiger partial charge in [0.25, 0.3) is 11.8 Å². The Balaban J connectivity index is 1.51. The van der Waals surface area contributed by atoms with Gasteiger partial charge in [-0.25, -0.2) is 9.67 Å². The fourth-order valence-corrected chi connectivity index (χ4v) is 3.20. The smallest absolute Gasteiger partial charge is 0.417 e.